The zero-order valence-electron chi connectivity index (χ0n) is 8.37. The average Bonchev–Trinajstić information content (AvgIpc) is 3.08. The average molecular weight is 205 g/mol. The van der Waals surface area contributed by atoms with Gasteiger partial charge >= 0.3 is 0 Å². The van der Waals surface area contributed by atoms with Gasteiger partial charge in [-0.15, -0.1) is 0 Å². The van der Waals surface area contributed by atoms with Crippen molar-refractivity contribution in [3.63, 3.8) is 0 Å². The number of halogens is 1. The Kier molecular flexibility index (Phi) is 2.59. The van der Waals surface area contributed by atoms with Crippen molar-refractivity contribution in [1.82, 2.24) is 0 Å². The predicted octanol–water partition coefficient (Wildman–Crippen LogP) is 2.59. The molecule has 0 aromatic heterocycles. The number of benzene rings is 1. The van der Waals surface area contributed by atoms with Crippen molar-refractivity contribution < 1.29 is 9.13 Å². The Bertz CT molecular complexity index is 376. The lowest BCUT2D eigenvalue weighted by atomic mass is 9.98. The maximum absolute atomic E-state index is 11.8. The minimum absolute atomic E-state index is 0.0861. The molecule has 1 aromatic rings. The van der Waals surface area contributed by atoms with Gasteiger partial charge in [-0.05, 0) is 30.5 Å². The lowest BCUT2D eigenvalue weighted by Gasteiger charge is -2.07. The van der Waals surface area contributed by atoms with E-state index >= 15 is 0 Å². The molecule has 0 radical (unpaired) electrons. The summed E-state index contributed by atoms with van der Waals surface area (Å²) in [6.07, 6.45) is 1.88. The van der Waals surface area contributed by atoms with Crippen molar-refractivity contribution in [2.45, 2.75) is 18.3 Å². The smallest absolute Gasteiger partial charge is 0.123 e. The number of hydrogen-bond acceptors (Lipinski definition) is 2. The molecule has 1 aliphatic rings. The van der Waals surface area contributed by atoms with E-state index in [2.05, 4.69) is 6.07 Å². The first kappa shape index (κ1) is 9.97. The monoisotopic (exact) mass is 205 g/mol. The van der Waals surface area contributed by atoms with Crippen molar-refractivity contribution >= 4 is 0 Å². The van der Waals surface area contributed by atoms with E-state index in [4.69, 9.17) is 10.00 Å². The van der Waals surface area contributed by atoms with E-state index < -0.39 is 6.67 Å². The quantitative estimate of drug-likeness (QED) is 0.756. The van der Waals surface area contributed by atoms with Gasteiger partial charge in [-0.2, -0.15) is 5.26 Å². The van der Waals surface area contributed by atoms with E-state index in [9.17, 15) is 4.39 Å². The van der Waals surface area contributed by atoms with E-state index in [1.807, 2.05) is 12.1 Å². The fourth-order valence-electron chi connectivity index (χ4n) is 1.62. The number of alkyl halides is 1. The SMILES string of the molecule is N#CC1(c2ccc(OCCF)cc2)CC1. The summed E-state index contributed by atoms with van der Waals surface area (Å²) in [6.45, 7) is -0.396. The number of nitriles is 1. The van der Waals surface area contributed by atoms with Gasteiger partial charge in [0.25, 0.3) is 0 Å². The number of nitrogens with zero attached hydrogens (tertiary/aromatic N) is 1. The zero-order valence-corrected chi connectivity index (χ0v) is 8.37. The van der Waals surface area contributed by atoms with Crippen LogP contribution in [0.5, 0.6) is 5.75 Å². The highest BCUT2D eigenvalue weighted by Crippen LogP contribution is 2.47. The molecule has 1 aromatic carbocycles. The molecule has 0 aliphatic heterocycles. The van der Waals surface area contributed by atoms with Crippen LogP contribution in [0.1, 0.15) is 18.4 Å². The van der Waals surface area contributed by atoms with Crippen LogP contribution in [0, 0.1) is 11.3 Å². The van der Waals surface area contributed by atoms with Crippen LogP contribution in [-0.2, 0) is 5.41 Å². The zero-order chi connectivity index (χ0) is 10.7. The fraction of sp³-hybridized carbons (Fsp3) is 0.417. The summed E-state index contributed by atoms with van der Waals surface area (Å²) < 4.78 is 17.0. The molecule has 0 bridgehead atoms. The minimum atomic E-state index is -0.482. The van der Waals surface area contributed by atoms with Crippen molar-refractivity contribution in [3.05, 3.63) is 29.8 Å². The van der Waals surface area contributed by atoms with Crippen LogP contribution in [0.25, 0.3) is 0 Å². The molecule has 1 saturated carbocycles. The second kappa shape index (κ2) is 3.90. The van der Waals surface area contributed by atoms with Crippen molar-refractivity contribution in [2.24, 2.45) is 0 Å². The normalized spacial score (nSPS) is 16.8. The highest BCUT2D eigenvalue weighted by molar-refractivity contribution is 5.41. The van der Waals surface area contributed by atoms with E-state index in [-0.39, 0.29) is 12.0 Å². The first-order valence-corrected chi connectivity index (χ1v) is 5.01. The summed E-state index contributed by atoms with van der Waals surface area (Å²) >= 11 is 0. The van der Waals surface area contributed by atoms with E-state index in [0.29, 0.717) is 5.75 Å². The third kappa shape index (κ3) is 1.94. The molecule has 0 heterocycles. The largest absolute Gasteiger partial charge is 0.491 e. The Balaban J connectivity index is 2.08. The summed E-state index contributed by atoms with van der Waals surface area (Å²) in [5.74, 6) is 0.658. The van der Waals surface area contributed by atoms with Crippen molar-refractivity contribution in [3.8, 4) is 11.8 Å². The molecule has 2 nitrogen and oxygen atoms in total. The van der Waals surface area contributed by atoms with E-state index in [0.717, 1.165) is 18.4 Å². The lowest BCUT2D eigenvalue weighted by Crippen LogP contribution is -2.03. The van der Waals surface area contributed by atoms with Crippen molar-refractivity contribution in [1.29, 1.82) is 5.26 Å². The predicted molar refractivity (Wildman–Crippen MR) is 54.4 cm³/mol. The molecule has 0 spiro atoms. The van der Waals surface area contributed by atoms with Crippen LogP contribution >= 0.6 is 0 Å². The molecule has 1 fully saturated rings. The van der Waals surface area contributed by atoms with Gasteiger partial charge in [0.15, 0.2) is 0 Å². The van der Waals surface area contributed by atoms with Crippen LogP contribution < -0.4 is 4.74 Å². The van der Waals surface area contributed by atoms with Gasteiger partial charge in [0.05, 0.1) is 11.5 Å². The molecule has 3 heteroatoms. The molecule has 0 atom stereocenters. The first-order chi connectivity index (χ1) is 7.30. The van der Waals surface area contributed by atoms with Crippen LogP contribution in [0.15, 0.2) is 24.3 Å². The van der Waals surface area contributed by atoms with Crippen LogP contribution in [0.2, 0.25) is 0 Å². The topological polar surface area (TPSA) is 33.0 Å². The lowest BCUT2D eigenvalue weighted by molar-refractivity contribution is 0.273. The molecule has 0 amide bonds. The minimum Gasteiger partial charge on any atom is -0.491 e. The molecular weight excluding hydrogens is 193 g/mol. The maximum atomic E-state index is 11.8. The molecule has 0 N–H and O–H groups in total. The standard InChI is InChI=1S/C12H12FNO/c13-7-8-15-11-3-1-10(2-4-11)12(9-14)5-6-12/h1-4H,5-8H2. The maximum Gasteiger partial charge on any atom is 0.123 e. The molecule has 78 valence electrons. The van der Waals surface area contributed by atoms with Crippen molar-refractivity contribution in [2.75, 3.05) is 13.3 Å². The number of ether oxygens (including phenoxy) is 1. The molecule has 0 unspecified atom stereocenters. The van der Waals surface area contributed by atoms with Gasteiger partial charge in [0.2, 0.25) is 0 Å². The summed E-state index contributed by atoms with van der Waals surface area (Å²) in [7, 11) is 0. The number of hydrogen-bond donors (Lipinski definition) is 0. The highest BCUT2D eigenvalue weighted by Gasteiger charge is 2.44. The Hall–Kier alpha value is -1.56. The Morgan fingerprint density at radius 3 is 2.47 bits per heavy atom. The molecule has 0 saturated heterocycles. The van der Waals surface area contributed by atoms with Gasteiger partial charge in [-0.3, -0.25) is 0 Å². The van der Waals surface area contributed by atoms with Gasteiger partial charge in [0.1, 0.15) is 19.0 Å². The first-order valence-electron chi connectivity index (χ1n) is 5.01. The summed E-state index contributed by atoms with van der Waals surface area (Å²) in [6, 6.07) is 9.70. The highest BCUT2D eigenvalue weighted by atomic mass is 19.1. The summed E-state index contributed by atoms with van der Waals surface area (Å²) in [5.41, 5.74) is 0.788. The van der Waals surface area contributed by atoms with Gasteiger partial charge in [0, 0.05) is 0 Å². The molecule has 2 rings (SSSR count). The van der Waals surface area contributed by atoms with Crippen LogP contribution in [0.4, 0.5) is 4.39 Å². The molecular formula is C12H12FNO. The summed E-state index contributed by atoms with van der Waals surface area (Å²) in [5, 5.41) is 8.99. The second-order valence-electron chi connectivity index (χ2n) is 3.76. The Morgan fingerprint density at radius 2 is 2.00 bits per heavy atom. The fourth-order valence-corrected chi connectivity index (χ4v) is 1.62. The van der Waals surface area contributed by atoms with E-state index in [1.165, 1.54) is 0 Å². The summed E-state index contributed by atoms with van der Waals surface area (Å²) in [4.78, 5) is 0. The molecule has 1 aliphatic carbocycles. The molecule has 15 heavy (non-hydrogen) atoms. The third-order valence-corrected chi connectivity index (χ3v) is 2.72. The van der Waals surface area contributed by atoms with Gasteiger partial charge in [-0.25, -0.2) is 4.39 Å². The second-order valence-corrected chi connectivity index (χ2v) is 3.76. The van der Waals surface area contributed by atoms with Crippen LogP contribution in [0.3, 0.4) is 0 Å². The Morgan fingerprint density at radius 1 is 1.33 bits per heavy atom. The Labute approximate surface area is 88.3 Å². The van der Waals surface area contributed by atoms with E-state index in [1.54, 1.807) is 12.1 Å². The van der Waals surface area contributed by atoms with Gasteiger partial charge in [-0.1, -0.05) is 12.1 Å². The van der Waals surface area contributed by atoms with Gasteiger partial charge < -0.3 is 4.74 Å². The third-order valence-electron chi connectivity index (χ3n) is 2.72. The van der Waals surface area contributed by atoms with Crippen LogP contribution in [-0.4, -0.2) is 13.3 Å². The number of rotatable bonds is 4.